The average molecular weight is 255 g/mol. The molecule has 104 valence electrons. The van der Waals surface area contributed by atoms with E-state index in [9.17, 15) is 9.59 Å². The molecule has 0 aromatic carbocycles. The van der Waals surface area contributed by atoms with Crippen LogP contribution in [0.3, 0.4) is 0 Å². The van der Waals surface area contributed by atoms with Gasteiger partial charge < -0.3 is 9.64 Å². The van der Waals surface area contributed by atoms with Gasteiger partial charge in [-0.15, -0.1) is 0 Å². The van der Waals surface area contributed by atoms with Gasteiger partial charge in [0.05, 0.1) is 13.0 Å². The summed E-state index contributed by atoms with van der Waals surface area (Å²) in [6.45, 7) is 6.12. The quantitative estimate of drug-likeness (QED) is 0.708. The largest absolute Gasteiger partial charge is 0.469 e. The third-order valence-electron chi connectivity index (χ3n) is 3.62. The Balaban J connectivity index is 2.71. The number of nitrogens with zero attached hydrogens (tertiary/aromatic N) is 1. The Labute approximate surface area is 110 Å². The maximum Gasteiger partial charge on any atom is 0.310 e. The fraction of sp³-hybridized carbons (Fsp3) is 0.857. The van der Waals surface area contributed by atoms with Crippen molar-refractivity contribution in [3.63, 3.8) is 0 Å². The lowest BCUT2D eigenvalue weighted by atomic mass is 10.1. The van der Waals surface area contributed by atoms with Crippen LogP contribution in [0.5, 0.6) is 0 Å². The summed E-state index contributed by atoms with van der Waals surface area (Å²) in [6, 6.07) is 0.312. The number of carbonyl (C=O) groups excluding carboxylic acids is 2. The second-order valence-electron chi connectivity index (χ2n) is 5.51. The summed E-state index contributed by atoms with van der Waals surface area (Å²) >= 11 is 0. The van der Waals surface area contributed by atoms with Crippen LogP contribution >= 0.6 is 0 Å². The molecule has 1 amide bonds. The number of hydrogen-bond acceptors (Lipinski definition) is 3. The van der Waals surface area contributed by atoms with Crippen LogP contribution in [0.15, 0.2) is 0 Å². The van der Waals surface area contributed by atoms with E-state index in [1.807, 2.05) is 25.7 Å². The van der Waals surface area contributed by atoms with E-state index in [-0.39, 0.29) is 23.7 Å². The van der Waals surface area contributed by atoms with Crippen LogP contribution in [0, 0.1) is 11.8 Å². The molecule has 4 heteroatoms. The number of carbonyl (C=O) groups is 2. The molecule has 0 radical (unpaired) electrons. The third-order valence-corrected chi connectivity index (χ3v) is 3.62. The lowest BCUT2D eigenvalue weighted by molar-refractivity contribution is -0.147. The van der Waals surface area contributed by atoms with Crippen LogP contribution in [-0.4, -0.2) is 36.5 Å². The van der Waals surface area contributed by atoms with Crippen LogP contribution in [0.2, 0.25) is 0 Å². The molecule has 0 saturated heterocycles. The molecule has 1 atom stereocenters. The molecule has 1 aliphatic carbocycles. The highest BCUT2D eigenvalue weighted by molar-refractivity contribution is 5.79. The Bertz CT molecular complexity index is 295. The maximum absolute atomic E-state index is 12.3. The molecular formula is C14H25NO3. The summed E-state index contributed by atoms with van der Waals surface area (Å²) in [6.07, 6.45) is 4.48. The van der Waals surface area contributed by atoms with E-state index in [0.29, 0.717) is 12.6 Å². The van der Waals surface area contributed by atoms with Gasteiger partial charge in [0.2, 0.25) is 5.91 Å². The number of amides is 1. The Kier molecular flexibility index (Phi) is 5.63. The van der Waals surface area contributed by atoms with Crippen LogP contribution in [-0.2, 0) is 14.3 Å². The zero-order chi connectivity index (χ0) is 13.7. The SMILES string of the molecule is COC(=O)C(C)CN(C(=O)C(C)C)C1CCCC1. The van der Waals surface area contributed by atoms with E-state index in [4.69, 9.17) is 4.74 Å². The van der Waals surface area contributed by atoms with Crippen molar-refractivity contribution in [3.05, 3.63) is 0 Å². The minimum atomic E-state index is -0.252. The van der Waals surface area contributed by atoms with E-state index < -0.39 is 0 Å². The average Bonchev–Trinajstić information content (AvgIpc) is 2.87. The summed E-state index contributed by atoms with van der Waals surface area (Å²) in [4.78, 5) is 25.6. The van der Waals surface area contributed by atoms with Crippen LogP contribution in [0.1, 0.15) is 46.5 Å². The monoisotopic (exact) mass is 255 g/mol. The number of hydrogen-bond donors (Lipinski definition) is 0. The van der Waals surface area contributed by atoms with Crippen molar-refractivity contribution in [1.82, 2.24) is 4.90 Å². The minimum absolute atomic E-state index is 0.0181. The van der Waals surface area contributed by atoms with Gasteiger partial charge in [-0.25, -0.2) is 0 Å². The molecule has 0 bridgehead atoms. The summed E-state index contributed by atoms with van der Waals surface area (Å²) < 4.78 is 4.74. The van der Waals surface area contributed by atoms with Gasteiger partial charge >= 0.3 is 5.97 Å². The fourth-order valence-corrected chi connectivity index (χ4v) is 2.54. The Morgan fingerprint density at radius 3 is 2.22 bits per heavy atom. The number of rotatable bonds is 5. The number of esters is 1. The van der Waals surface area contributed by atoms with Gasteiger partial charge in [0, 0.05) is 18.5 Å². The van der Waals surface area contributed by atoms with Crippen molar-refractivity contribution < 1.29 is 14.3 Å². The van der Waals surface area contributed by atoms with Crippen molar-refractivity contribution in [1.29, 1.82) is 0 Å². The highest BCUT2D eigenvalue weighted by Crippen LogP contribution is 2.25. The molecule has 0 aliphatic heterocycles. The first kappa shape index (κ1) is 15.0. The Hall–Kier alpha value is -1.06. The first-order valence-electron chi connectivity index (χ1n) is 6.85. The predicted molar refractivity (Wildman–Crippen MR) is 70.0 cm³/mol. The summed E-state index contributed by atoms with van der Waals surface area (Å²) in [5.74, 6) is -0.360. The highest BCUT2D eigenvalue weighted by atomic mass is 16.5. The Morgan fingerprint density at radius 2 is 1.78 bits per heavy atom. The molecule has 0 N–H and O–H groups in total. The van der Waals surface area contributed by atoms with E-state index >= 15 is 0 Å². The molecule has 4 nitrogen and oxygen atoms in total. The predicted octanol–water partition coefficient (Wildman–Crippen LogP) is 2.22. The van der Waals surface area contributed by atoms with E-state index in [1.165, 1.54) is 20.0 Å². The molecule has 1 unspecified atom stereocenters. The standard InChI is InChI=1S/C14H25NO3/c1-10(2)13(16)15(12-7-5-6-8-12)9-11(3)14(17)18-4/h10-12H,5-9H2,1-4H3. The van der Waals surface area contributed by atoms with E-state index in [2.05, 4.69) is 0 Å². The summed E-state index contributed by atoms with van der Waals surface area (Å²) in [5, 5.41) is 0. The fourth-order valence-electron chi connectivity index (χ4n) is 2.54. The van der Waals surface area contributed by atoms with Crippen molar-refractivity contribution in [2.75, 3.05) is 13.7 Å². The van der Waals surface area contributed by atoms with Crippen LogP contribution < -0.4 is 0 Å². The second-order valence-corrected chi connectivity index (χ2v) is 5.51. The lowest BCUT2D eigenvalue weighted by Crippen LogP contribution is -2.45. The molecule has 0 spiro atoms. The van der Waals surface area contributed by atoms with Gasteiger partial charge in [0.15, 0.2) is 0 Å². The molecule has 1 saturated carbocycles. The van der Waals surface area contributed by atoms with E-state index in [1.54, 1.807) is 0 Å². The molecular weight excluding hydrogens is 230 g/mol. The first-order valence-corrected chi connectivity index (χ1v) is 6.85. The van der Waals surface area contributed by atoms with Crippen molar-refractivity contribution in [3.8, 4) is 0 Å². The molecule has 0 aromatic heterocycles. The van der Waals surface area contributed by atoms with Gasteiger partial charge in [-0.3, -0.25) is 9.59 Å². The second kappa shape index (κ2) is 6.76. The molecule has 18 heavy (non-hydrogen) atoms. The van der Waals surface area contributed by atoms with Crippen molar-refractivity contribution >= 4 is 11.9 Å². The number of ether oxygens (including phenoxy) is 1. The molecule has 1 rings (SSSR count). The molecule has 1 fully saturated rings. The molecule has 0 aromatic rings. The van der Waals surface area contributed by atoms with Crippen LogP contribution in [0.4, 0.5) is 0 Å². The Morgan fingerprint density at radius 1 is 1.22 bits per heavy atom. The molecule has 1 aliphatic rings. The van der Waals surface area contributed by atoms with Gasteiger partial charge in [0.1, 0.15) is 0 Å². The normalized spacial score (nSPS) is 17.8. The maximum atomic E-state index is 12.3. The zero-order valence-corrected chi connectivity index (χ0v) is 11.9. The topological polar surface area (TPSA) is 46.6 Å². The highest BCUT2D eigenvalue weighted by Gasteiger charge is 2.30. The first-order chi connectivity index (χ1) is 8.47. The summed E-state index contributed by atoms with van der Waals surface area (Å²) in [7, 11) is 1.39. The van der Waals surface area contributed by atoms with Gasteiger partial charge in [0.25, 0.3) is 0 Å². The van der Waals surface area contributed by atoms with Gasteiger partial charge in [-0.1, -0.05) is 33.6 Å². The number of methoxy groups -OCH3 is 1. The third kappa shape index (κ3) is 3.72. The van der Waals surface area contributed by atoms with Crippen molar-refractivity contribution in [2.45, 2.75) is 52.5 Å². The lowest BCUT2D eigenvalue weighted by Gasteiger charge is -2.32. The van der Waals surface area contributed by atoms with Gasteiger partial charge in [-0.2, -0.15) is 0 Å². The zero-order valence-electron chi connectivity index (χ0n) is 11.9. The van der Waals surface area contributed by atoms with E-state index in [0.717, 1.165) is 12.8 Å². The smallest absolute Gasteiger partial charge is 0.310 e. The van der Waals surface area contributed by atoms with Gasteiger partial charge in [-0.05, 0) is 12.8 Å². The molecule has 0 heterocycles. The van der Waals surface area contributed by atoms with Crippen molar-refractivity contribution in [2.24, 2.45) is 11.8 Å². The van der Waals surface area contributed by atoms with Crippen LogP contribution in [0.25, 0.3) is 0 Å². The minimum Gasteiger partial charge on any atom is -0.469 e. The summed E-state index contributed by atoms with van der Waals surface area (Å²) in [5.41, 5.74) is 0.